The number of nitrogens with one attached hydrogen (secondary N) is 1. The highest BCUT2D eigenvalue weighted by Crippen LogP contribution is 2.46. The molecule has 6 nitrogen and oxygen atoms in total. The van der Waals surface area contributed by atoms with Crippen molar-refractivity contribution >= 4 is 28.5 Å². The number of piperazine rings is 1. The third-order valence-electron chi connectivity index (χ3n) is 5.75. The lowest BCUT2D eigenvalue weighted by atomic mass is 9.90. The maximum Gasteiger partial charge on any atom is 0.419 e. The Hall–Kier alpha value is -2.17. The fourth-order valence-corrected chi connectivity index (χ4v) is 5.09. The van der Waals surface area contributed by atoms with Gasteiger partial charge in [0.05, 0.1) is 16.7 Å². The van der Waals surface area contributed by atoms with Crippen LogP contribution in [0.15, 0.2) is 22.1 Å². The summed E-state index contributed by atoms with van der Waals surface area (Å²) in [5, 5.41) is 16.3. The molecule has 2 unspecified atom stereocenters. The normalized spacial score (nSPS) is 22.3. The van der Waals surface area contributed by atoms with Crippen LogP contribution in [0.25, 0.3) is 21.7 Å². The van der Waals surface area contributed by atoms with Crippen LogP contribution in [0.3, 0.4) is 0 Å². The van der Waals surface area contributed by atoms with Gasteiger partial charge in [-0.15, -0.1) is 11.3 Å². The molecule has 10 heteroatoms. The summed E-state index contributed by atoms with van der Waals surface area (Å²) in [5.74, 6) is 0. The Morgan fingerprint density at radius 2 is 1.93 bits per heavy atom. The van der Waals surface area contributed by atoms with Crippen LogP contribution in [0.2, 0.25) is 0 Å². The average Bonchev–Trinajstić information content (AvgIpc) is 3.38. The van der Waals surface area contributed by atoms with Crippen molar-refractivity contribution in [1.82, 2.24) is 15.3 Å². The van der Waals surface area contributed by atoms with E-state index < -0.39 is 17.3 Å². The second kappa shape index (κ2) is 6.66. The zero-order chi connectivity index (χ0) is 21.3. The van der Waals surface area contributed by atoms with Crippen molar-refractivity contribution in [3.05, 3.63) is 28.8 Å². The quantitative estimate of drug-likeness (QED) is 0.640. The van der Waals surface area contributed by atoms with E-state index in [-0.39, 0.29) is 34.8 Å². The van der Waals surface area contributed by atoms with Crippen molar-refractivity contribution in [3.63, 3.8) is 0 Å². The highest BCUT2D eigenvalue weighted by Gasteiger charge is 2.42. The van der Waals surface area contributed by atoms with Crippen molar-refractivity contribution in [3.8, 4) is 10.6 Å². The summed E-state index contributed by atoms with van der Waals surface area (Å²) < 4.78 is 48.4. The first-order valence-electron chi connectivity index (χ1n) is 9.79. The Morgan fingerprint density at radius 1 is 1.23 bits per heavy atom. The van der Waals surface area contributed by atoms with Gasteiger partial charge in [-0.3, -0.25) is 0 Å². The number of halogens is 3. The second-order valence-electron chi connectivity index (χ2n) is 8.46. The number of nitrogens with zero attached hydrogens (tertiary/aromatic N) is 3. The lowest BCUT2D eigenvalue weighted by molar-refractivity contribution is -0.139. The standard InChI is InChI=1S/C20H21F3N4O2S/c1-19(2,28)13-7-12(17-24-5-6-30-17)16-15(14(13)20(21,22)23)26-18(29-16)27-8-10-3-4-11(9-27)25-10/h5-7,10-11,25,28H,3-4,8-9H2,1-2H3. The Balaban J connectivity index is 1.76. The number of aromatic nitrogens is 2. The summed E-state index contributed by atoms with van der Waals surface area (Å²) in [6.45, 7) is 3.94. The first kappa shape index (κ1) is 19.8. The third kappa shape index (κ3) is 3.27. The highest BCUT2D eigenvalue weighted by atomic mass is 32.1. The van der Waals surface area contributed by atoms with Gasteiger partial charge in [0.1, 0.15) is 10.5 Å². The summed E-state index contributed by atoms with van der Waals surface area (Å²) in [4.78, 5) is 10.5. The molecule has 0 spiro atoms. The van der Waals surface area contributed by atoms with Crippen molar-refractivity contribution in [2.24, 2.45) is 0 Å². The molecule has 160 valence electrons. The van der Waals surface area contributed by atoms with Crippen molar-refractivity contribution in [2.45, 2.75) is 50.6 Å². The molecule has 2 aliphatic heterocycles. The molecule has 1 aromatic carbocycles. The fourth-order valence-electron chi connectivity index (χ4n) is 4.44. The van der Waals surface area contributed by atoms with E-state index in [1.807, 2.05) is 4.90 Å². The van der Waals surface area contributed by atoms with E-state index in [9.17, 15) is 18.3 Å². The van der Waals surface area contributed by atoms with Gasteiger partial charge in [0.2, 0.25) is 0 Å². The smallest absolute Gasteiger partial charge is 0.419 e. The summed E-state index contributed by atoms with van der Waals surface area (Å²) in [7, 11) is 0. The van der Waals surface area contributed by atoms with Gasteiger partial charge in [-0.2, -0.15) is 18.2 Å². The molecule has 0 radical (unpaired) electrons. The predicted molar refractivity (Wildman–Crippen MR) is 108 cm³/mol. The highest BCUT2D eigenvalue weighted by molar-refractivity contribution is 7.13. The van der Waals surface area contributed by atoms with E-state index in [0.29, 0.717) is 23.7 Å². The Labute approximate surface area is 174 Å². The number of anilines is 1. The number of hydrogen-bond donors (Lipinski definition) is 2. The predicted octanol–water partition coefficient (Wildman–Crippen LogP) is 4.14. The molecule has 0 amide bonds. The van der Waals surface area contributed by atoms with Crippen LogP contribution in [-0.2, 0) is 11.8 Å². The number of alkyl halides is 3. The zero-order valence-electron chi connectivity index (χ0n) is 16.5. The minimum absolute atomic E-state index is 0.0474. The number of hydrogen-bond acceptors (Lipinski definition) is 7. The number of oxazole rings is 1. The van der Waals surface area contributed by atoms with Crippen LogP contribution in [0.1, 0.15) is 37.8 Å². The van der Waals surface area contributed by atoms with Gasteiger partial charge in [0, 0.05) is 36.8 Å². The summed E-state index contributed by atoms with van der Waals surface area (Å²) in [6.07, 6.45) is -1.06. The second-order valence-corrected chi connectivity index (χ2v) is 9.35. The molecular formula is C20H21F3N4O2S. The monoisotopic (exact) mass is 438 g/mol. The van der Waals surface area contributed by atoms with Crippen LogP contribution in [0.4, 0.5) is 19.2 Å². The largest absolute Gasteiger partial charge is 0.423 e. The lowest BCUT2D eigenvalue weighted by Crippen LogP contribution is -2.51. The van der Waals surface area contributed by atoms with E-state index in [1.165, 1.54) is 31.3 Å². The number of benzene rings is 1. The van der Waals surface area contributed by atoms with Crippen LogP contribution < -0.4 is 10.2 Å². The van der Waals surface area contributed by atoms with Gasteiger partial charge in [-0.1, -0.05) is 0 Å². The topological polar surface area (TPSA) is 74.4 Å². The number of thiazole rings is 1. The minimum atomic E-state index is -4.70. The van der Waals surface area contributed by atoms with Gasteiger partial charge in [0.15, 0.2) is 5.58 Å². The van der Waals surface area contributed by atoms with Gasteiger partial charge in [-0.05, 0) is 38.3 Å². The molecule has 2 fully saturated rings. The van der Waals surface area contributed by atoms with E-state index in [4.69, 9.17) is 4.42 Å². The van der Waals surface area contributed by atoms with Gasteiger partial charge in [0.25, 0.3) is 6.01 Å². The van der Waals surface area contributed by atoms with E-state index in [1.54, 1.807) is 11.6 Å². The average molecular weight is 438 g/mol. The summed E-state index contributed by atoms with van der Waals surface area (Å²) >= 11 is 1.29. The van der Waals surface area contributed by atoms with Gasteiger partial charge in [-0.25, -0.2) is 4.98 Å². The third-order valence-corrected chi connectivity index (χ3v) is 6.55. The zero-order valence-corrected chi connectivity index (χ0v) is 17.3. The molecule has 0 saturated carbocycles. The van der Waals surface area contributed by atoms with E-state index >= 15 is 0 Å². The maximum absolute atomic E-state index is 14.1. The number of rotatable bonds is 3. The Morgan fingerprint density at radius 3 is 2.50 bits per heavy atom. The molecule has 2 bridgehead atoms. The molecule has 2 atom stereocenters. The molecule has 4 heterocycles. The molecule has 2 saturated heterocycles. The van der Waals surface area contributed by atoms with Crippen molar-refractivity contribution in [1.29, 1.82) is 0 Å². The Bertz CT molecular complexity index is 1080. The van der Waals surface area contributed by atoms with Crippen LogP contribution in [0.5, 0.6) is 0 Å². The van der Waals surface area contributed by atoms with Crippen molar-refractivity contribution in [2.75, 3.05) is 18.0 Å². The molecular weight excluding hydrogens is 417 g/mol. The molecule has 3 aromatic rings. The van der Waals surface area contributed by atoms with E-state index in [2.05, 4.69) is 15.3 Å². The maximum atomic E-state index is 14.1. The van der Waals surface area contributed by atoms with E-state index in [0.717, 1.165) is 12.8 Å². The lowest BCUT2D eigenvalue weighted by Gasteiger charge is -2.31. The summed E-state index contributed by atoms with van der Waals surface area (Å²) in [6, 6.07) is 2.08. The van der Waals surface area contributed by atoms with Gasteiger partial charge < -0.3 is 19.7 Å². The molecule has 30 heavy (non-hydrogen) atoms. The first-order chi connectivity index (χ1) is 14.1. The van der Waals surface area contributed by atoms with Crippen LogP contribution in [0, 0.1) is 0 Å². The summed E-state index contributed by atoms with van der Waals surface area (Å²) in [5.41, 5.74) is -2.76. The SMILES string of the molecule is CC(C)(O)c1cc(-c2nccs2)c2oc(N3CC4CCC(C3)N4)nc2c1C(F)(F)F. The molecule has 0 aliphatic carbocycles. The molecule has 2 N–H and O–H groups in total. The number of aliphatic hydroxyl groups is 1. The Kier molecular flexibility index (Phi) is 4.39. The minimum Gasteiger partial charge on any atom is -0.423 e. The molecule has 5 rings (SSSR count). The van der Waals surface area contributed by atoms with Gasteiger partial charge >= 0.3 is 6.18 Å². The van der Waals surface area contributed by atoms with Crippen LogP contribution >= 0.6 is 11.3 Å². The first-order valence-corrected chi connectivity index (χ1v) is 10.7. The fraction of sp³-hybridized carbons (Fsp3) is 0.500. The van der Waals surface area contributed by atoms with Crippen molar-refractivity contribution < 1.29 is 22.7 Å². The molecule has 2 aliphatic rings. The molecule has 2 aromatic heterocycles. The van der Waals surface area contributed by atoms with Crippen LogP contribution in [-0.4, -0.2) is 40.2 Å². The number of fused-ring (bicyclic) bond motifs is 3.